The number of benzene rings is 1. The molecule has 1 saturated heterocycles. The van der Waals surface area contributed by atoms with Crippen molar-refractivity contribution in [2.75, 3.05) is 26.2 Å². The fourth-order valence-corrected chi connectivity index (χ4v) is 6.84. The van der Waals surface area contributed by atoms with Gasteiger partial charge in [-0.25, -0.2) is 4.79 Å². The Morgan fingerprint density at radius 1 is 0.897 bits per heavy atom. The first kappa shape index (κ1) is 19.2. The standard InChI is InChI=1S/C23H30ClN3O2/c24-20-3-1-16(2-4-20)15-25-22(29)27-7-5-26(6-8-27)21(28)23-12-17-9-18(13-23)11-19(10-17)14-23/h1-4,17-19H,5-15H2,(H,25,29). The average molecular weight is 416 g/mol. The number of hydrogen-bond acceptors (Lipinski definition) is 2. The van der Waals surface area contributed by atoms with Gasteiger partial charge in [0.25, 0.3) is 0 Å². The van der Waals surface area contributed by atoms with E-state index in [1.54, 1.807) is 0 Å². The maximum absolute atomic E-state index is 13.5. The fraction of sp³-hybridized carbons (Fsp3) is 0.652. The molecule has 5 nitrogen and oxygen atoms in total. The minimum atomic E-state index is -0.0756. The van der Waals surface area contributed by atoms with Gasteiger partial charge in [0.2, 0.25) is 5.91 Å². The first-order valence-electron chi connectivity index (χ1n) is 11.1. The Labute approximate surface area is 177 Å². The Bertz CT molecular complexity index is 751. The van der Waals surface area contributed by atoms with Crippen LogP contribution in [0.15, 0.2) is 24.3 Å². The number of hydrogen-bond donors (Lipinski definition) is 1. The number of carbonyl (C=O) groups excluding carboxylic acids is 2. The van der Waals surface area contributed by atoms with Gasteiger partial charge in [-0.1, -0.05) is 23.7 Å². The van der Waals surface area contributed by atoms with Crippen molar-refractivity contribution in [3.05, 3.63) is 34.9 Å². The van der Waals surface area contributed by atoms with Gasteiger partial charge in [0.15, 0.2) is 0 Å². The van der Waals surface area contributed by atoms with E-state index in [2.05, 4.69) is 10.2 Å². The zero-order valence-corrected chi connectivity index (χ0v) is 17.7. The van der Waals surface area contributed by atoms with Crippen LogP contribution in [0.3, 0.4) is 0 Å². The lowest BCUT2D eigenvalue weighted by molar-refractivity contribution is -0.159. The van der Waals surface area contributed by atoms with Crippen LogP contribution in [0.25, 0.3) is 0 Å². The van der Waals surface area contributed by atoms with E-state index in [1.807, 2.05) is 29.2 Å². The third-order valence-electron chi connectivity index (χ3n) is 7.70. The third kappa shape index (κ3) is 3.74. The molecule has 0 spiro atoms. The van der Waals surface area contributed by atoms with Crippen molar-refractivity contribution in [3.8, 4) is 0 Å². The molecular weight excluding hydrogens is 386 g/mol. The molecule has 29 heavy (non-hydrogen) atoms. The highest BCUT2D eigenvalue weighted by Gasteiger charge is 2.55. The van der Waals surface area contributed by atoms with Crippen LogP contribution >= 0.6 is 11.6 Å². The Morgan fingerprint density at radius 2 is 1.41 bits per heavy atom. The van der Waals surface area contributed by atoms with Crippen LogP contribution in [0.5, 0.6) is 0 Å². The maximum atomic E-state index is 13.5. The van der Waals surface area contributed by atoms with Crippen LogP contribution in [0, 0.1) is 23.2 Å². The second-order valence-electron chi connectivity index (χ2n) is 9.76. The summed E-state index contributed by atoms with van der Waals surface area (Å²) in [5.41, 5.74) is 0.951. The minimum Gasteiger partial charge on any atom is -0.339 e. The summed E-state index contributed by atoms with van der Waals surface area (Å²) in [6.45, 7) is 3.04. The van der Waals surface area contributed by atoms with E-state index < -0.39 is 0 Å². The van der Waals surface area contributed by atoms with Crippen LogP contribution in [-0.2, 0) is 11.3 Å². The van der Waals surface area contributed by atoms with E-state index in [1.165, 1.54) is 19.3 Å². The lowest BCUT2D eigenvalue weighted by Crippen LogP contribution is -2.59. The van der Waals surface area contributed by atoms with E-state index in [4.69, 9.17) is 11.6 Å². The number of rotatable bonds is 3. The predicted octanol–water partition coefficient (Wildman–Crippen LogP) is 3.91. The molecule has 1 N–H and O–H groups in total. The van der Waals surface area contributed by atoms with Gasteiger partial charge >= 0.3 is 6.03 Å². The molecule has 0 unspecified atom stereocenters. The topological polar surface area (TPSA) is 52.7 Å². The van der Waals surface area contributed by atoms with E-state index in [0.717, 1.165) is 42.6 Å². The van der Waals surface area contributed by atoms with Gasteiger partial charge in [-0.2, -0.15) is 0 Å². The number of nitrogens with one attached hydrogen (secondary N) is 1. The SMILES string of the molecule is O=C(NCc1ccc(Cl)cc1)N1CCN(C(=O)C23CC4CC(CC(C4)C2)C3)CC1. The summed E-state index contributed by atoms with van der Waals surface area (Å²) in [5, 5.41) is 3.68. The monoisotopic (exact) mass is 415 g/mol. The highest BCUT2D eigenvalue weighted by atomic mass is 35.5. The van der Waals surface area contributed by atoms with Crippen molar-refractivity contribution in [2.24, 2.45) is 23.2 Å². The zero-order valence-electron chi connectivity index (χ0n) is 16.9. The molecule has 0 aromatic heterocycles. The maximum Gasteiger partial charge on any atom is 0.317 e. The molecule has 1 aromatic rings. The summed E-state index contributed by atoms with van der Waals surface area (Å²) in [5.74, 6) is 2.73. The van der Waals surface area contributed by atoms with Gasteiger partial charge in [0, 0.05) is 37.7 Å². The summed E-state index contributed by atoms with van der Waals surface area (Å²) in [6, 6.07) is 7.45. The van der Waals surface area contributed by atoms with Crippen molar-refractivity contribution in [1.29, 1.82) is 0 Å². The summed E-state index contributed by atoms with van der Waals surface area (Å²) >= 11 is 5.91. The summed E-state index contributed by atoms with van der Waals surface area (Å²) in [6.07, 6.45) is 7.40. The summed E-state index contributed by atoms with van der Waals surface area (Å²) in [4.78, 5) is 29.9. The Kier molecular flexibility index (Phi) is 4.97. The Balaban J connectivity index is 1.14. The average Bonchev–Trinajstić information content (AvgIpc) is 2.72. The van der Waals surface area contributed by atoms with Crippen molar-refractivity contribution in [3.63, 3.8) is 0 Å². The lowest BCUT2D eigenvalue weighted by atomic mass is 9.49. The lowest BCUT2D eigenvalue weighted by Gasteiger charge is -2.57. The third-order valence-corrected chi connectivity index (χ3v) is 7.95. The molecule has 6 heteroatoms. The molecule has 0 radical (unpaired) electrons. The molecule has 4 bridgehead atoms. The van der Waals surface area contributed by atoms with Crippen LogP contribution in [0.4, 0.5) is 4.79 Å². The summed E-state index contributed by atoms with van der Waals surface area (Å²) < 4.78 is 0. The van der Waals surface area contributed by atoms with E-state index in [-0.39, 0.29) is 11.4 Å². The van der Waals surface area contributed by atoms with Crippen molar-refractivity contribution in [1.82, 2.24) is 15.1 Å². The van der Waals surface area contributed by atoms with Gasteiger partial charge in [-0.05, 0) is 74.0 Å². The molecule has 4 saturated carbocycles. The molecule has 156 valence electrons. The minimum absolute atomic E-state index is 0.0538. The molecule has 1 heterocycles. The first-order chi connectivity index (χ1) is 14.0. The van der Waals surface area contributed by atoms with E-state index in [9.17, 15) is 9.59 Å². The van der Waals surface area contributed by atoms with Gasteiger partial charge in [0.05, 0.1) is 5.41 Å². The van der Waals surface area contributed by atoms with Crippen LogP contribution in [0.2, 0.25) is 5.02 Å². The second kappa shape index (κ2) is 7.50. The molecule has 5 aliphatic rings. The molecule has 1 aliphatic heterocycles. The normalized spacial score (nSPS) is 33.1. The van der Waals surface area contributed by atoms with Crippen molar-refractivity contribution in [2.45, 2.75) is 45.1 Å². The molecule has 0 atom stereocenters. The Hall–Kier alpha value is -1.75. The van der Waals surface area contributed by atoms with Crippen molar-refractivity contribution < 1.29 is 9.59 Å². The van der Waals surface area contributed by atoms with Crippen LogP contribution in [0.1, 0.15) is 44.1 Å². The number of carbonyl (C=O) groups is 2. The number of amides is 3. The molecule has 1 aromatic carbocycles. The van der Waals surface area contributed by atoms with Gasteiger partial charge in [-0.3, -0.25) is 4.79 Å². The largest absolute Gasteiger partial charge is 0.339 e. The highest BCUT2D eigenvalue weighted by molar-refractivity contribution is 6.30. The number of nitrogens with zero attached hydrogens (tertiary/aromatic N) is 2. The van der Waals surface area contributed by atoms with Gasteiger partial charge in [-0.15, -0.1) is 0 Å². The van der Waals surface area contributed by atoms with Crippen molar-refractivity contribution >= 4 is 23.5 Å². The number of halogens is 1. The number of piperazine rings is 1. The van der Waals surface area contributed by atoms with Crippen LogP contribution < -0.4 is 5.32 Å². The predicted molar refractivity (Wildman–Crippen MR) is 112 cm³/mol. The molecule has 5 fully saturated rings. The van der Waals surface area contributed by atoms with Gasteiger partial charge in [0.1, 0.15) is 0 Å². The molecular formula is C23H30ClN3O2. The quantitative estimate of drug-likeness (QED) is 0.813. The summed E-state index contributed by atoms with van der Waals surface area (Å²) in [7, 11) is 0. The zero-order chi connectivity index (χ0) is 20.0. The molecule has 4 aliphatic carbocycles. The number of urea groups is 1. The first-order valence-corrected chi connectivity index (χ1v) is 11.5. The highest BCUT2D eigenvalue weighted by Crippen LogP contribution is 2.60. The van der Waals surface area contributed by atoms with E-state index in [0.29, 0.717) is 43.7 Å². The Morgan fingerprint density at radius 3 is 1.97 bits per heavy atom. The smallest absolute Gasteiger partial charge is 0.317 e. The second-order valence-corrected chi connectivity index (χ2v) is 10.2. The molecule has 3 amide bonds. The molecule has 6 rings (SSSR count). The van der Waals surface area contributed by atoms with E-state index >= 15 is 0 Å². The van der Waals surface area contributed by atoms with Gasteiger partial charge < -0.3 is 15.1 Å². The van der Waals surface area contributed by atoms with Crippen LogP contribution in [-0.4, -0.2) is 47.9 Å². The fourth-order valence-electron chi connectivity index (χ4n) is 6.71.